The molecule has 3 nitrogen and oxygen atoms in total. The number of amides is 1. The van der Waals surface area contributed by atoms with Crippen molar-refractivity contribution < 1.29 is 9.18 Å². The number of aromatic nitrogens is 1. The normalized spacial score (nSPS) is 18.0. The lowest BCUT2D eigenvalue weighted by Gasteiger charge is -2.35. The van der Waals surface area contributed by atoms with E-state index in [-0.39, 0.29) is 10.7 Å². The van der Waals surface area contributed by atoms with E-state index in [0.717, 1.165) is 12.8 Å². The summed E-state index contributed by atoms with van der Waals surface area (Å²) in [4.78, 5) is 15.5. The van der Waals surface area contributed by atoms with E-state index in [1.807, 2.05) is 11.8 Å². The van der Waals surface area contributed by atoms with Crippen LogP contribution in [0, 0.1) is 5.95 Å². The fourth-order valence-electron chi connectivity index (χ4n) is 2.50. The van der Waals surface area contributed by atoms with Crippen LogP contribution in [0.5, 0.6) is 0 Å². The average Bonchev–Trinajstić information content (AvgIpc) is 2.46. The predicted molar refractivity (Wildman–Crippen MR) is 75.9 cm³/mol. The van der Waals surface area contributed by atoms with Gasteiger partial charge >= 0.3 is 0 Å². The van der Waals surface area contributed by atoms with Crippen molar-refractivity contribution in [3.05, 3.63) is 29.8 Å². The fraction of sp³-hybridized carbons (Fsp3) is 0.571. The van der Waals surface area contributed by atoms with Gasteiger partial charge in [0.1, 0.15) is 0 Å². The van der Waals surface area contributed by atoms with Gasteiger partial charge in [-0.3, -0.25) is 4.79 Å². The van der Waals surface area contributed by atoms with Crippen LogP contribution in [0.3, 0.4) is 0 Å². The Bertz CT molecular complexity index is 430. The molecule has 0 unspecified atom stereocenters. The molecule has 0 radical (unpaired) electrons. The van der Waals surface area contributed by atoms with Gasteiger partial charge in [0.05, 0.1) is 5.56 Å². The van der Waals surface area contributed by atoms with Gasteiger partial charge in [-0.1, -0.05) is 19.3 Å². The second-order valence-electron chi connectivity index (χ2n) is 5.00. The quantitative estimate of drug-likeness (QED) is 0.863. The molecule has 1 aliphatic rings. The van der Waals surface area contributed by atoms with Gasteiger partial charge < -0.3 is 5.32 Å². The summed E-state index contributed by atoms with van der Waals surface area (Å²) in [6.07, 6.45) is 9.43. The van der Waals surface area contributed by atoms with Crippen LogP contribution in [0.1, 0.15) is 42.5 Å². The summed E-state index contributed by atoms with van der Waals surface area (Å²) in [5.41, 5.74) is 0.411. The van der Waals surface area contributed by atoms with Gasteiger partial charge in [0.25, 0.3) is 5.91 Å². The van der Waals surface area contributed by atoms with E-state index in [1.54, 1.807) is 0 Å². The third kappa shape index (κ3) is 3.69. The number of carbonyl (C=O) groups excluding carboxylic acids is 1. The van der Waals surface area contributed by atoms with Crippen molar-refractivity contribution in [2.24, 2.45) is 0 Å². The zero-order chi connectivity index (χ0) is 13.7. The first-order valence-electron chi connectivity index (χ1n) is 6.60. The zero-order valence-corrected chi connectivity index (χ0v) is 11.9. The van der Waals surface area contributed by atoms with Gasteiger partial charge in [0, 0.05) is 17.5 Å². The van der Waals surface area contributed by atoms with Gasteiger partial charge in [0.2, 0.25) is 5.95 Å². The minimum Gasteiger partial charge on any atom is -0.351 e. The number of hydrogen-bond acceptors (Lipinski definition) is 3. The molecule has 1 aromatic heterocycles. The number of hydrogen-bond donors (Lipinski definition) is 1. The highest BCUT2D eigenvalue weighted by atomic mass is 32.2. The van der Waals surface area contributed by atoms with Crippen LogP contribution >= 0.6 is 11.8 Å². The Morgan fingerprint density at radius 1 is 1.42 bits per heavy atom. The smallest absolute Gasteiger partial charge is 0.252 e. The molecule has 0 aliphatic heterocycles. The highest BCUT2D eigenvalue weighted by Gasteiger charge is 2.31. The molecule has 0 aromatic carbocycles. The third-order valence-corrected chi connectivity index (χ3v) is 5.18. The number of thioether (sulfide) groups is 1. The van der Waals surface area contributed by atoms with Crippen LogP contribution in [0.2, 0.25) is 0 Å². The van der Waals surface area contributed by atoms with Gasteiger partial charge in [-0.05, 0) is 31.2 Å². The molecule has 0 spiro atoms. The second kappa shape index (κ2) is 6.37. The topological polar surface area (TPSA) is 42.0 Å². The molecule has 104 valence electrons. The standard InChI is InChI=1S/C14H19FN2OS/c1-19-14(7-3-2-4-8-14)10-17-13(18)11-5-6-12(15)16-9-11/h5-6,9H,2-4,7-8,10H2,1H3,(H,17,18). The number of pyridine rings is 1. The summed E-state index contributed by atoms with van der Waals surface area (Å²) in [5, 5.41) is 2.96. The first-order valence-corrected chi connectivity index (χ1v) is 7.83. The summed E-state index contributed by atoms with van der Waals surface area (Å²) < 4.78 is 12.9. The first kappa shape index (κ1) is 14.3. The van der Waals surface area contributed by atoms with Crippen molar-refractivity contribution in [3.8, 4) is 0 Å². The molecule has 2 rings (SSSR count). The van der Waals surface area contributed by atoms with Crippen LogP contribution in [-0.4, -0.2) is 28.4 Å². The monoisotopic (exact) mass is 282 g/mol. The van der Waals surface area contributed by atoms with Crippen LogP contribution in [0.25, 0.3) is 0 Å². The summed E-state index contributed by atoms with van der Waals surface area (Å²) in [6.45, 7) is 0.671. The Morgan fingerprint density at radius 3 is 2.74 bits per heavy atom. The molecule has 0 atom stereocenters. The maximum atomic E-state index is 12.7. The first-order chi connectivity index (χ1) is 9.15. The van der Waals surface area contributed by atoms with Crippen molar-refractivity contribution >= 4 is 17.7 Å². The van der Waals surface area contributed by atoms with E-state index in [0.29, 0.717) is 12.1 Å². The van der Waals surface area contributed by atoms with E-state index < -0.39 is 5.95 Å². The Hall–Kier alpha value is -1.10. The molecular formula is C14H19FN2OS. The molecule has 1 heterocycles. The summed E-state index contributed by atoms with van der Waals surface area (Å²) in [5.74, 6) is -0.740. The molecule has 19 heavy (non-hydrogen) atoms. The summed E-state index contributed by atoms with van der Waals surface area (Å²) in [6, 6.07) is 2.67. The summed E-state index contributed by atoms with van der Waals surface area (Å²) >= 11 is 1.84. The van der Waals surface area contributed by atoms with Gasteiger partial charge in [0.15, 0.2) is 0 Å². The van der Waals surface area contributed by atoms with Crippen molar-refractivity contribution in [1.82, 2.24) is 10.3 Å². The fourth-order valence-corrected chi connectivity index (χ4v) is 3.42. The van der Waals surface area contributed by atoms with Crippen LogP contribution < -0.4 is 5.32 Å². The second-order valence-corrected chi connectivity index (χ2v) is 6.27. The van der Waals surface area contributed by atoms with E-state index in [9.17, 15) is 9.18 Å². The number of carbonyl (C=O) groups is 1. The zero-order valence-electron chi connectivity index (χ0n) is 11.1. The van der Waals surface area contributed by atoms with Gasteiger partial charge in [-0.2, -0.15) is 16.2 Å². The number of nitrogens with one attached hydrogen (secondary N) is 1. The van der Waals surface area contributed by atoms with Crippen LogP contribution in [0.4, 0.5) is 4.39 Å². The Labute approximate surface area is 117 Å². The van der Waals surface area contributed by atoms with E-state index >= 15 is 0 Å². The lowest BCUT2D eigenvalue weighted by atomic mass is 9.88. The van der Waals surface area contributed by atoms with E-state index in [4.69, 9.17) is 0 Å². The minimum atomic E-state index is -0.565. The van der Waals surface area contributed by atoms with E-state index in [1.165, 1.54) is 37.6 Å². The molecule has 1 saturated carbocycles. The lowest BCUT2D eigenvalue weighted by molar-refractivity contribution is 0.0946. The van der Waals surface area contributed by atoms with Crippen LogP contribution in [0.15, 0.2) is 18.3 Å². The van der Waals surface area contributed by atoms with Crippen molar-refractivity contribution in [1.29, 1.82) is 0 Å². The Kier molecular flexibility index (Phi) is 4.80. The molecule has 0 bridgehead atoms. The molecule has 5 heteroatoms. The Balaban J connectivity index is 1.93. The lowest BCUT2D eigenvalue weighted by Crippen LogP contribution is -2.41. The predicted octanol–water partition coefficient (Wildman–Crippen LogP) is 3.02. The molecule has 0 saturated heterocycles. The number of rotatable bonds is 4. The molecule has 1 aliphatic carbocycles. The average molecular weight is 282 g/mol. The minimum absolute atomic E-state index is 0.168. The number of halogens is 1. The molecule has 1 aromatic rings. The van der Waals surface area contributed by atoms with Crippen molar-refractivity contribution in [2.75, 3.05) is 12.8 Å². The highest BCUT2D eigenvalue weighted by molar-refractivity contribution is 8.00. The van der Waals surface area contributed by atoms with E-state index in [2.05, 4.69) is 16.6 Å². The number of nitrogens with zero attached hydrogens (tertiary/aromatic N) is 1. The van der Waals surface area contributed by atoms with Crippen molar-refractivity contribution in [3.63, 3.8) is 0 Å². The largest absolute Gasteiger partial charge is 0.351 e. The molecule has 1 amide bonds. The third-order valence-electron chi connectivity index (χ3n) is 3.76. The molecular weight excluding hydrogens is 263 g/mol. The SMILES string of the molecule is CSC1(CNC(=O)c2ccc(F)nc2)CCCCC1. The Morgan fingerprint density at radius 2 is 2.16 bits per heavy atom. The summed E-state index contributed by atoms with van der Waals surface area (Å²) in [7, 11) is 0. The van der Waals surface area contributed by atoms with Gasteiger partial charge in [-0.25, -0.2) is 4.98 Å². The van der Waals surface area contributed by atoms with Crippen molar-refractivity contribution in [2.45, 2.75) is 36.9 Å². The maximum Gasteiger partial charge on any atom is 0.252 e. The highest BCUT2D eigenvalue weighted by Crippen LogP contribution is 2.37. The molecule has 1 fully saturated rings. The molecule has 1 N–H and O–H groups in total. The maximum absolute atomic E-state index is 12.7. The van der Waals surface area contributed by atoms with Crippen LogP contribution in [-0.2, 0) is 0 Å². The van der Waals surface area contributed by atoms with Gasteiger partial charge in [-0.15, -0.1) is 0 Å².